The number of ether oxygens (including phenoxy) is 2. The average Bonchev–Trinajstić information content (AvgIpc) is 1.55. The van der Waals surface area contributed by atoms with Gasteiger partial charge in [-0.05, 0) is 64.2 Å². The summed E-state index contributed by atoms with van der Waals surface area (Å²) in [7, 11) is -4.39. The molecule has 0 aromatic heterocycles. The molecule has 0 heterocycles. The fourth-order valence-corrected chi connectivity index (χ4v) is 14.2. The normalized spacial score (nSPS) is 12.8. The Kier molecular flexibility index (Phi) is 80.2. The number of carbonyl (C=O) groups is 2. The molecule has 3 N–H and O–H groups in total. The minimum absolute atomic E-state index is 0.0576. The molecule has 95 heavy (non-hydrogen) atoms. The van der Waals surface area contributed by atoms with Crippen LogP contribution in [-0.2, 0) is 32.7 Å². The molecule has 0 aromatic carbocycles. The van der Waals surface area contributed by atoms with Crippen LogP contribution in [0.1, 0.15) is 476 Å². The lowest BCUT2D eigenvalue weighted by atomic mass is 10.0. The van der Waals surface area contributed by atoms with E-state index in [0.29, 0.717) is 6.42 Å². The van der Waals surface area contributed by atoms with Gasteiger partial charge in [0.15, 0.2) is 6.10 Å². The summed E-state index contributed by atoms with van der Waals surface area (Å²) >= 11 is 0. The van der Waals surface area contributed by atoms with E-state index >= 15 is 0 Å². The van der Waals surface area contributed by atoms with E-state index in [2.05, 4.69) is 38.2 Å². The number of unbranched alkanes of at least 4 members (excludes halogenated alkanes) is 66. The Morgan fingerprint density at radius 1 is 0.305 bits per heavy atom. The van der Waals surface area contributed by atoms with Crippen molar-refractivity contribution in [3.63, 3.8) is 0 Å². The zero-order chi connectivity index (χ0) is 68.6. The lowest BCUT2D eigenvalue weighted by Gasteiger charge is -2.19. The third-order valence-electron chi connectivity index (χ3n) is 19.8. The summed E-state index contributed by atoms with van der Waals surface area (Å²) in [5, 5.41) is 0. The van der Waals surface area contributed by atoms with E-state index in [1.165, 1.54) is 411 Å². The standard InChI is InChI=1S/C85H166NO8P/c1-3-5-7-9-11-13-15-17-19-21-23-25-27-29-31-33-35-37-39-41-43-45-47-49-51-53-55-57-59-61-63-65-67-69-71-73-75-77-84(87)91-81-83(82-93-95(89,90)92-80-79-86)94-85(88)78-76-74-72-70-68-66-64-62-60-58-56-54-52-50-48-46-44-42-40-38-36-34-32-30-28-26-24-22-20-18-16-14-12-10-8-6-4-2/h21-24,83H,3-20,25-82,86H2,1-2H3,(H,89,90)/b23-21-,24-22-. The Morgan fingerprint density at radius 3 is 0.747 bits per heavy atom. The van der Waals surface area contributed by atoms with Crippen LogP contribution in [-0.4, -0.2) is 49.3 Å². The van der Waals surface area contributed by atoms with E-state index in [4.69, 9.17) is 24.3 Å². The smallest absolute Gasteiger partial charge is 0.462 e. The monoisotopic (exact) mass is 1360 g/mol. The average molecular weight is 1360 g/mol. The zero-order valence-corrected chi connectivity index (χ0v) is 64.9. The second-order valence-corrected chi connectivity index (χ2v) is 30.9. The largest absolute Gasteiger partial charge is 0.472 e. The molecule has 0 radical (unpaired) electrons. The first kappa shape index (κ1) is 93.5. The maximum atomic E-state index is 12.8. The molecule has 9 nitrogen and oxygen atoms in total. The Balaban J connectivity index is 3.71. The summed E-state index contributed by atoms with van der Waals surface area (Å²) in [6, 6.07) is 0. The third-order valence-corrected chi connectivity index (χ3v) is 20.8. The Morgan fingerprint density at radius 2 is 0.516 bits per heavy atom. The summed E-state index contributed by atoms with van der Waals surface area (Å²) in [5.74, 6) is -0.796. The van der Waals surface area contributed by atoms with Crippen molar-refractivity contribution in [2.24, 2.45) is 5.73 Å². The van der Waals surface area contributed by atoms with Crippen molar-refractivity contribution in [1.29, 1.82) is 0 Å². The zero-order valence-electron chi connectivity index (χ0n) is 64.0. The maximum absolute atomic E-state index is 12.8. The van der Waals surface area contributed by atoms with Crippen LogP contribution in [0.15, 0.2) is 24.3 Å². The number of carbonyl (C=O) groups excluding carboxylic acids is 2. The minimum atomic E-state index is -4.39. The molecule has 564 valence electrons. The highest BCUT2D eigenvalue weighted by molar-refractivity contribution is 7.47. The van der Waals surface area contributed by atoms with Gasteiger partial charge < -0.3 is 20.1 Å². The lowest BCUT2D eigenvalue weighted by molar-refractivity contribution is -0.161. The van der Waals surface area contributed by atoms with Crippen LogP contribution in [0.4, 0.5) is 0 Å². The molecule has 0 aliphatic heterocycles. The van der Waals surface area contributed by atoms with E-state index < -0.39 is 26.5 Å². The summed E-state index contributed by atoms with van der Waals surface area (Å²) in [4.78, 5) is 35.5. The van der Waals surface area contributed by atoms with Crippen molar-refractivity contribution in [1.82, 2.24) is 0 Å². The van der Waals surface area contributed by atoms with Crippen molar-refractivity contribution in [3.05, 3.63) is 24.3 Å². The number of allylic oxidation sites excluding steroid dienone is 4. The topological polar surface area (TPSA) is 134 Å². The highest BCUT2D eigenvalue weighted by Gasteiger charge is 2.26. The fraction of sp³-hybridized carbons (Fsp3) is 0.929. The van der Waals surface area contributed by atoms with Crippen molar-refractivity contribution < 1.29 is 37.6 Å². The molecule has 0 saturated carbocycles. The molecule has 10 heteroatoms. The van der Waals surface area contributed by atoms with Crippen molar-refractivity contribution in [2.45, 2.75) is 482 Å². The van der Waals surface area contributed by atoms with Crippen LogP contribution in [0.2, 0.25) is 0 Å². The van der Waals surface area contributed by atoms with Crippen molar-refractivity contribution >= 4 is 19.8 Å². The van der Waals surface area contributed by atoms with Crippen LogP contribution < -0.4 is 5.73 Å². The molecule has 0 rings (SSSR count). The first-order valence-electron chi connectivity index (χ1n) is 42.8. The number of phosphoric ester groups is 1. The van der Waals surface area contributed by atoms with Gasteiger partial charge in [-0.1, -0.05) is 423 Å². The van der Waals surface area contributed by atoms with Gasteiger partial charge >= 0.3 is 19.8 Å². The Bertz CT molecular complexity index is 1610. The fourth-order valence-electron chi connectivity index (χ4n) is 13.5. The second-order valence-electron chi connectivity index (χ2n) is 29.4. The molecule has 0 aliphatic carbocycles. The Hall–Kier alpha value is -1.51. The van der Waals surface area contributed by atoms with E-state index in [0.717, 1.165) is 32.1 Å². The molecule has 0 aliphatic rings. The van der Waals surface area contributed by atoms with Gasteiger partial charge in [-0.25, -0.2) is 4.57 Å². The maximum Gasteiger partial charge on any atom is 0.472 e. The number of phosphoric acid groups is 1. The van der Waals surface area contributed by atoms with Gasteiger partial charge in [0.25, 0.3) is 0 Å². The van der Waals surface area contributed by atoms with Crippen LogP contribution in [0.5, 0.6) is 0 Å². The number of hydrogen-bond donors (Lipinski definition) is 2. The number of hydrogen-bond acceptors (Lipinski definition) is 8. The number of esters is 2. The molecule has 0 amide bonds. The highest BCUT2D eigenvalue weighted by Crippen LogP contribution is 2.43. The molecular weight excluding hydrogens is 1190 g/mol. The van der Waals surface area contributed by atoms with Gasteiger partial charge in [0.1, 0.15) is 6.61 Å². The van der Waals surface area contributed by atoms with Gasteiger partial charge in [-0.3, -0.25) is 18.6 Å². The van der Waals surface area contributed by atoms with Gasteiger partial charge in [0.2, 0.25) is 0 Å². The molecule has 2 atom stereocenters. The van der Waals surface area contributed by atoms with Gasteiger partial charge in [0.05, 0.1) is 13.2 Å². The molecular formula is C85H166NO8P. The number of nitrogens with two attached hydrogens (primary N) is 1. The van der Waals surface area contributed by atoms with Gasteiger partial charge in [0, 0.05) is 19.4 Å². The van der Waals surface area contributed by atoms with Gasteiger partial charge in [-0.2, -0.15) is 0 Å². The minimum Gasteiger partial charge on any atom is -0.462 e. The van der Waals surface area contributed by atoms with Crippen molar-refractivity contribution in [3.8, 4) is 0 Å². The molecule has 2 unspecified atom stereocenters. The summed E-state index contributed by atoms with van der Waals surface area (Å²) in [6.45, 7) is 3.84. The van der Waals surface area contributed by atoms with Crippen LogP contribution in [0.3, 0.4) is 0 Å². The predicted molar refractivity (Wildman–Crippen MR) is 414 cm³/mol. The van der Waals surface area contributed by atoms with Crippen LogP contribution >= 0.6 is 7.82 Å². The van der Waals surface area contributed by atoms with Crippen LogP contribution in [0, 0.1) is 0 Å². The molecule has 0 saturated heterocycles. The molecule has 0 spiro atoms. The molecule has 0 fully saturated rings. The van der Waals surface area contributed by atoms with Gasteiger partial charge in [-0.15, -0.1) is 0 Å². The first-order chi connectivity index (χ1) is 46.8. The summed E-state index contributed by atoms with van der Waals surface area (Å²) < 4.78 is 33.3. The molecule has 0 bridgehead atoms. The third kappa shape index (κ3) is 81.3. The SMILES string of the molecule is CCCCCCCCCC/C=C\CCCCCCCCCCCCCCCCCCCCCCCCCCCC(=O)OCC(COP(=O)(O)OCCN)OC(=O)CCCCCCCCCCCCCCCCCCCCCCCCCCC/C=C\CCCCCCCCCC. The highest BCUT2D eigenvalue weighted by atomic mass is 31.2. The van der Waals surface area contributed by atoms with E-state index in [1.807, 2.05) is 0 Å². The van der Waals surface area contributed by atoms with E-state index in [1.54, 1.807) is 0 Å². The second kappa shape index (κ2) is 81.5. The Labute approximate surface area is 592 Å². The van der Waals surface area contributed by atoms with Crippen LogP contribution in [0.25, 0.3) is 0 Å². The number of rotatable bonds is 83. The quantitative estimate of drug-likeness (QED) is 0.0264. The lowest BCUT2D eigenvalue weighted by Crippen LogP contribution is -2.29. The van der Waals surface area contributed by atoms with E-state index in [-0.39, 0.29) is 38.6 Å². The summed E-state index contributed by atoms with van der Waals surface area (Å²) in [6.07, 6.45) is 104. The first-order valence-corrected chi connectivity index (χ1v) is 44.3. The van der Waals surface area contributed by atoms with Crippen molar-refractivity contribution in [2.75, 3.05) is 26.4 Å². The summed E-state index contributed by atoms with van der Waals surface area (Å²) in [5.41, 5.74) is 5.42. The molecule has 0 aromatic rings. The van der Waals surface area contributed by atoms with E-state index in [9.17, 15) is 19.0 Å². The predicted octanol–water partition coefficient (Wildman–Crippen LogP) is 28.8.